The smallest absolute Gasteiger partial charge is 0.375 e. The standard InChI is InChI=1S/C25H25FN2O4/c1-3-32-25(31)24(30)14-23(29)22-13-21(27(2)15-18-7-5-4-6-8-18)17-28(22)16-19-9-11-20(26)12-10-19/h4-13,17H,3,14-16H2,1-2H3. The Kier molecular flexibility index (Phi) is 7.54. The van der Waals surface area contributed by atoms with Gasteiger partial charge in [-0.2, -0.15) is 0 Å². The van der Waals surface area contributed by atoms with Crippen molar-refractivity contribution >= 4 is 23.2 Å². The molecule has 0 atom stereocenters. The van der Waals surface area contributed by atoms with Gasteiger partial charge in [-0.1, -0.05) is 42.5 Å². The second-order valence-electron chi connectivity index (χ2n) is 7.42. The number of ketones is 2. The van der Waals surface area contributed by atoms with Crippen LogP contribution >= 0.6 is 0 Å². The zero-order valence-electron chi connectivity index (χ0n) is 18.1. The van der Waals surface area contributed by atoms with E-state index in [0.29, 0.717) is 18.8 Å². The Bertz CT molecular complexity index is 1090. The Morgan fingerprint density at radius 1 is 1.00 bits per heavy atom. The summed E-state index contributed by atoms with van der Waals surface area (Å²) in [4.78, 5) is 38.6. The van der Waals surface area contributed by atoms with Gasteiger partial charge in [-0.3, -0.25) is 9.59 Å². The van der Waals surface area contributed by atoms with Crippen molar-refractivity contribution in [1.82, 2.24) is 4.57 Å². The number of nitrogens with zero attached hydrogens (tertiary/aromatic N) is 2. The molecule has 3 rings (SSSR count). The number of rotatable bonds is 10. The monoisotopic (exact) mass is 436 g/mol. The van der Waals surface area contributed by atoms with E-state index in [4.69, 9.17) is 4.74 Å². The van der Waals surface area contributed by atoms with Crippen LogP contribution in [0.4, 0.5) is 10.1 Å². The summed E-state index contributed by atoms with van der Waals surface area (Å²) in [6.07, 6.45) is 1.24. The minimum absolute atomic E-state index is 0.0636. The molecule has 6 nitrogen and oxygen atoms in total. The van der Waals surface area contributed by atoms with Gasteiger partial charge in [0.2, 0.25) is 5.78 Å². The minimum Gasteiger partial charge on any atom is -0.460 e. The lowest BCUT2D eigenvalue weighted by molar-refractivity contribution is -0.153. The summed E-state index contributed by atoms with van der Waals surface area (Å²) in [5.41, 5.74) is 2.97. The van der Waals surface area contributed by atoms with Gasteiger partial charge in [0.15, 0.2) is 5.78 Å². The second-order valence-corrected chi connectivity index (χ2v) is 7.42. The molecule has 7 heteroatoms. The molecule has 1 heterocycles. The first-order valence-electron chi connectivity index (χ1n) is 10.3. The molecule has 3 aromatic rings. The van der Waals surface area contributed by atoms with Gasteiger partial charge >= 0.3 is 5.97 Å². The number of halogens is 1. The van der Waals surface area contributed by atoms with Gasteiger partial charge in [0, 0.05) is 26.3 Å². The zero-order chi connectivity index (χ0) is 23.1. The van der Waals surface area contributed by atoms with Crippen LogP contribution in [0, 0.1) is 5.82 Å². The fourth-order valence-corrected chi connectivity index (χ4v) is 3.32. The van der Waals surface area contributed by atoms with Crippen LogP contribution < -0.4 is 4.90 Å². The Balaban J connectivity index is 1.86. The fraction of sp³-hybridized carbons (Fsp3) is 0.240. The molecule has 166 valence electrons. The number of aromatic nitrogens is 1. The number of esters is 1. The maximum absolute atomic E-state index is 13.3. The molecule has 0 bridgehead atoms. The van der Waals surface area contributed by atoms with E-state index in [-0.39, 0.29) is 12.4 Å². The molecule has 2 aromatic carbocycles. The summed E-state index contributed by atoms with van der Waals surface area (Å²) < 4.78 is 19.7. The number of Topliss-reactive ketones (excluding diaryl/α,β-unsaturated/α-hetero) is 2. The molecular weight excluding hydrogens is 411 g/mol. The predicted octanol–water partition coefficient (Wildman–Crippen LogP) is 4.02. The van der Waals surface area contributed by atoms with Gasteiger partial charge in [-0.05, 0) is 36.2 Å². The SMILES string of the molecule is CCOC(=O)C(=O)CC(=O)c1cc(N(C)Cc2ccccc2)cn1Cc1ccc(F)cc1. The zero-order valence-corrected chi connectivity index (χ0v) is 18.1. The van der Waals surface area contributed by atoms with E-state index in [1.807, 2.05) is 48.5 Å². The van der Waals surface area contributed by atoms with Crippen molar-refractivity contribution in [2.75, 3.05) is 18.6 Å². The average molecular weight is 436 g/mol. The van der Waals surface area contributed by atoms with E-state index >= 15 is 0 Å². The van der Waals surface area contributed by atoms with Crippen molar-refractivity contribution in [3.63, 3.8) is 0 Å². The first-order valence-corrected chi connectivity index (χ1v) is 10.3. The lowest BCUT2D eigenvalue weighted by Crippen LogP contribution is -2.22. The van der Waals surface area contributed by atoms with Crippen molar-refractivity contribution in [1.29, 1.82) is 0 Å². The maximum Gasteiger partial charge on any atom is 0.375 e. The van der Waals surface area contributed by atoms with Crippen LogP contribution in [0.2, 0.25) is 0 Å². The lowest BCUT2D eigenvalue weighted by Gasteiger charge is -2.17. The molecule has 0 radical (unpaired) electrons. The van der Waals surface area contributed by atoms with E-state index in [2.05, 4.69) is 0 Å². The largest absolute Gasteiger partial charge is 0.460 e. The lowest BCUT2D eigenvalue weighted by atomic mass is 10.1. The topological polar surface area (TPSA) is 68.6 Å². The van der Waals surface area contributed by atoms with Crippen molar-refractivity contribution in [2.45, 2.75) is 26.4 Å². The Morgan fingerprint density at radius 2 is 1.69 bits per heavy atom. The number of hydrogen-bond acceptors (Lipinski definition) is 5. The van der Waals surface area contributed by atoms with E-state index in [1.54, 1.807) is 29.7 Å². The van der Waals surface area contributed by atoms with Crippen LogP contribution in [0.1, 0.15) is 35.0 Å². The van der Waals surface area contributed by atoms with Gasteiger partial charge in [-0.25, -0.2) is 9.18 Å². The summed E-state index contributed by atoms with van der Waals surface area (Å²) in [5, 5.41) is 0. The maximum atomic E-state index is 13.3. The third kappa shape index (κ3) is 5.91. The molecule has 0 N–H and O–H groups in total. The van der Waals surface area contributed by atoms with Crippen LogP contribution in [0.15, 0.2) is 66.9 Å². The molecule has 32 heavy (non-hydrogen) atoms. The fourth-order valence-electron chi connectivity index (χ4n) is 3.32. The molecule has 1 aromatic heterocycles. The van der Waals surface area contributed by atoms with Crippen LogP contribution in [-0.4, -0.2) is 35.8 Å². The number of carbonyl (C=O) groups is 3. The highest BCUT2D eigenvalue weighted by Crippen LogP contribution is 2.22. The van der Waals surface area contributed by atoms with Crippen LogP contribution in [0.5, 0.6) is 0 Å². The predicted molar refractivity (Wildman–Crippen MR) is 119 cm³/mol. The minimum atomic E-state index is -1.01. The number of benzene rings is 2. The Morgan fingerprint density at radius 3 is 2.34 bits per heavy atom. The first kappa shape index (κ1) is 22.9. The molecule has 0 fully saturated rings. The van der Waals surface area contributed by atoms with Gasteiger partial charge < -0.3 is 14.2 Å². The molecule has 0 amide bonds. The first-order chi connectivity index (χ1) is 15.4. The van der Waals surface area contributed by atoms with Crippen LogP contribution in [0.3, 0.4) is 0 Å². The summed E-state index contributed by atoms with van der Waals surface area (Å²) >= 11 is 0. The molecule has 0 unspecified atom stereocenters. The molecular formula is C25H25FN2O4. The third-order valence-corrected chi connectivity index (χ3v) is 4.96. The Labute approximate surface area is 186 Å². The summed E-state index contributed by atoms with van der Waals surface area (Å²) in [6, 6.07) is 17.6. The van der Waals surface area contributed by atoms with Gasteiger partial charge in [0.1, 0.15) is 5.82 Å². The molecule has 0 aliphatic carbocycles. The van der Waals surface area contributed by atoms with Crippen molar-refractivity contribution in [2.24, 2.45) is 0 Å². The van der Waals surface area contributed by atoms with Crippen LogP contribution in [-0.2, 0) is 27.4 Å². The highest BCUT2D eigenvalue weighted by molar-refractivity contribution is 6.38. The van der Waals surface area contributed by atoms with E-state index < -0.39 is 24.0 Å². The number of anilines is 1. The average Bonchev–Trinajstić information content (AvgIpc) is 3.20. The van der Waals surface area contributed by atoms with Crippen molar-refractivity contribution in [3.8, 4) is 0 Å². The summed E-state index contributed by atoms with van der Waals surface area (Å²) in [6.45, 7) is 2.59. The third-order valence-electron chi connectivity index (χ3n) is 4.96. The van der Waals surface area contributed by atoms with Crippen molar-refractivity contribution < 1.29 is 23.5 Å². The molecule has 0 saturated heterocycles. The van der Waals surface area contributed by atoms with Gasteiger partial charge in [0.05, 0.1) is 24.4 Å². The van der Waals surface area contributed by atoms with E-state index in [9.17, 15) is 18.8 Å². The highest BCUT2D eigenvalue weighted by atomic mass is 19.1. The number of hydrogen-bond donors (Lipinski definition) is 0. The molecule has 0 saturated carbocycles. The van der Waals surface area contributed by atoms with E-state index in [0.717, 1.165) is 16.8 Å². The van der Waals surface area contributed by atoms with E-state index in [1.165, 1.54) is 12.1 Å². The van der Waals surface area contributed by atoms with Gasteiger partial charge in [0.25, 0.3) is 0 Å². The number of ether oxygens (including phenoxy) is 1. The number of carbonyl (C=O) groups excluding carboxylic acids is 3. The van der Waals surface area contributed by atoms with Crippen LogP contribution in [0.25, 0.3) is 0 Å². The normalized spacial score (nSPS) is 10.6. The Hall–Kier alpha value is -3.74. The quantitative estimate of drug-likeness (QED) is 0.208. The molecule has 0 aliphatic rings. The molecule has 0 aliphatic heterocycles. The molecule has 0 spiro atoms. The summed E-state index contributed by atoms with van der Waals surface area (Å²) in [5.74, 6) is -2.73. The van der Waals surface area contributed by atoms with Crippen molar-refractivity contribution in [3.05, 3.63) is 89.5 Å². The highest BCUT2D eigenvalue weighted by Gasteiger charge is 2.23. The summed E-state index contributed by atoms with van der Waals surface area (Å²) in [7, 11) is 1.91. The van der Waals surface area contributed by atoms with Gasteiger partial charge in [-0.15, -0.1) is 0 Å². The second kappa shape index (κ2) is 10.5.